The third kappa shape index (κ3) is 2.11. The quantitative estimate of drug-likeness (QED) is 0.615. The van der Waals surface area contributed by atoms with Gasteiger partial charge >= 0.3 is 6.09 Å². The van der Waals surface area contributed by atoms with E-state index in [0.29, 0.717) is 13.1 Å². The highest BCUT2D eigenvalue weighted by molar-refractivity contribution is 5.65. The van der Waals surface area contributed by atoms with Crippen LogP contribution in [0.5, 0.6) is 0 Å². The van der Waals surface area contributed by atoms with Gasteiger partial charge in [-0.25, -0.2) is 4.79 Å². The predicted molar refractivity (Wildman–Crippen MR) is 44.0 cm³/mol. The van der Waals surface area contributed by atoms with Crippen molar-refractivity contribution in [2.45, 2.75) is 25.9 Å². The van der Waals surface area contributed by atoms with Crippen LogP contribution in [0.15, 0.2) is 0 Å². The number of likely N-dealkylation sites (tertiary alicyclic amines) is 1. The number of nitrogens with zero attached hydrogens (tertiary/aromatic N) is 1. The van der Waals surface area contributed by atoms with Crippen molar-refractivity contribution >= 4 is 6.09 Å². The van der Waals surface area contributed by atoms with Gasteiger partial charge in [0.1, 0.15) is 0 Å². The second-order valence-electron chi connectivity index (χ2n) is 3.37. The minimum absolute atomic E-state index is 0.120. The van der Waals surface area contributed by atoms with Crippen LogP contribution in [0.2, 0.25) is 0 Å². The van der Waals surface area contributed by atoms with Gasteiger partial charge in [0.15, 0.2) is 0 Å². The van der Waals surface area contributed by atoms with Crippen LogP contribution < -0.4 is 0 Å². The van der Waals surface area contributed by atoms with E-state index in [1.165, 1.54) is 4.90 Å². The molecule has 0 aromatic rings. The highest BCUT2D eigenvalue weighted by Crippen LogP contribution is 2.19. The first-order valence-corrected chi connectivity index (χ1v) is 4.27. The fraction of sp³-hybridized carbons (Fsp3) is 0.875. The Bertz CT molecular complexity index is 170. The lowest BCUT2D eigenvalue weighted by atomic mass is 9.94. The lowest BCUT2D eigenvalue weighted by molar-refractivity contribution is 0.0611. The average molecular weight is 173 g/mol. The number of piperidine rings is 1. The number of aliphatic hydroxyl groups excluding tert-OH is 1. The van der Waals surface area contributed by atoms with Crippen LogP contribution >= 0.6 is 0 Å². The third-order valence-electron chi connectivity index (χ3n) is 2.41. The normalized spacial score (nSPS) is 26.8. The van der Waals surface area contributed by atoms with E-state index in [9.17, 15) is 9.90 Å². The number of hydrogen-bond donors (Lipinski definition) is 2. The van der Waals surface area contributed by atoms with Crippen molar-refractivity contribution in [3.8, 4) is 0 Å². The zero-order valence-corrected chi connectivity index (χ0v) is 7.23. The van der Waals surface area contributed by atoms with E-state index in [0.717, 1.165) is 12.8 Å². The molecule has 1 rings (SSSR count). The van der Waals surface area contributed by atoms with Crippen LogP contribution in [0.1, 0.15) is 19.8 Å². The number of carboxylic acid groups (broad SMARTS) is 1. The summed E-state index contributed by atoms with van der Waals surface area (Å²) in [7, 11) is 0. The summed E-state index contributed by atoms with van der Waals surface area (Å²) in [5.74, 6) is 0.120. The molecule has 1 heterocycles. The molecular weight excluding hydrogens is 158 g/mol. The van der Waals surface area contributed by atoms with E-state index in [1.54, 1.807) is 6.92 Å². The summed E-state index contributed by atoms with van der Waals surface area (Å²) in [5, 5.41) is 17.9. The Kier molecular flexibility index (Phi) is 2.92. The van der Waals surface area contributed by atoms with E-state index >= 15 is 0 Å². The minimum atomic E-state index is -0.875. The van der Waals surface area contributed by atoms with Crippen LogP contribution in [-0.2, 0) is 0 Å². The third-order valence-corrected chi connectivity index (χ3v) is 2.41. The first-order chi connectivity index (χ1) is 5.61. The summed E-state index contributed by atoms with van der Waals surface area (Å²) in [6.45, 7) is 2.81. The van der Waals surface area contributed by atoms with Gasteiger partial charge in [-0.3, -0.25) is 0 Å². The molecule has 0 aromatic heterocycles. The Hall–Kier alpha value is -0.770. The molecule has 4 heteroatoms. The van der Waals surface area contributed by atoms with Crippen molar-refractivity contribution in [2.75, 3.05) is 13.1 Å². The molecule has 0 bridgehead atoms. The van der Waals surface area contributed by atoms with Gasteiger partial charge in [0, 0.05) is 19.0 Å². The number of carbonyl (C=O) groups is 1. The maximum Gasteiger partial charge on any atom is 0.407 e. The molecule has 70 valence electrons. The molecule has 0 radical (unpaired) electrons. The van der Waals surface area contributed by atoms with Crippen LogP contribution in [0.3, 0.4) is 0 Å². The summed E-state index contributed by atoms with van der Waals surface area (Å²) in [6, 6.07) is 0. The van der Waals surface area contributed by atoms with Crippen molar-refractivity contribution in [3.63, 3.8) is 0 Å². The Balaban J connectivity index is 2.46. The molecule has 1 saturated heterocycles. The molecule has 0 saturated carbocycles. The summed E-state index contributed by atoms with van der Waals surface area (Å²) < 4.78 is 0. The largest absolute Gasteiger partial charge is 0.465 e. The summed E-state index contributed by atoms with van der Waals surface area (Å²) in [5.41, 5.74) is 0. The first kappa shape index (κ1) is 9.32. The first-order valence-electron chi connectivity index (χ1n) is 4.27. The van der Waals surface area contributed by atoms with E-state index in [1.807, 2.05) is 0 Å². The zero-order valence-electron chi connectivity index (χ0n) is 7.23. The zero-order chi connectivity index (χ0) is 9.14. The van der Waals surface area contributed by atoms with Gasteiger partial charge in [0.05, 0.1) is 6.10 Å². The molecule has 0 aromatic carbocycles. The van der Waals surface area contributed by atoms with Crippen molar-refractivity contribution in [1.82, 2.24) is 4.90 Å². The average Bonchev–Trinajstić information content (AvgIpc) is 2.04. The molecule has 1 fully saturated rings. The van der Waals surface area contributed by atoms with Gasteiger partial charge < -0.3 is 15.1 Å². The van der Waals surface area contributed by atoms with Crippen molar-refractivity contribution in [1.29, 1.82) is 0 Å². The molecule has 4 nitrogen and oxygen atoms in total. The van der Waals surface area contributed by atoms with Gasteiger partial charge in [-0.2, -0.15) is 0 Å². The molecule has 0 spiro atoms. The summed E-state index contributed by atoms with van der Waals surface area (Å²) in [4.78, 5) is 11.9. The lowest BCUT2D eigenvalue weighted by Gasteiger charge is -2.32. The number of amides is 1. The molecule has 1 aliphatic rings. The molecule has 1 amide bonds. The number of hydrogen-bond acceptors (Lipinski definition) is 2. The van der Waals surface area contributed by atoms with Crippen molar-refractivity contribution in [3.05, 3.63) is 0 Å². The van der Waals surface area contributed by atoms with Gasteiger partial charge in [-0.15, -0.1) is 0 Å². The molecule has 1 unspecified atom stereocenters. The minimum Gasteiger partial charge on any atom is -0.465 e. The SMILES string of the molecule is CC(O)[C@H]1CCCN(C(=O)O)C1. The smallest absolute Gasteiger partial charge is 0.407 e. The van der Waals surface area contributed by atoms with Gasteiger partial charge in [-0.1, -0.05) is 0 Å². The highest BCUT2D eigenvalue weighted by Gasteiger charge is 2.25. The van der Waals surface area contributed by atoms with E-state index in [4.69, 9.17) is 5.11 Å². The molecule has 1 aliphatic heterocycles. The van der Waals surface area contributed by atoms with Gasteiger partial charge in [0.2, 0.25) is 0 Å². The van der Waals surface area contributed by atoms with Crippen molar-refractivity contribution in [2.24, 2.45) is 5.92 Å². The van der Waals surface area contributed by atoms with Crippen molar-refractivity contribution < 1.29 is 15.0 Å². The van der Waals surface area contributed by atoms with E-state index < -0.39 is 12.2 Å². The highest BCUT2D eigenvalue weighted by atomic mass is 16.4. The summed E-state index contributed by atoms with van der Waals surface area (Å²) >= 11 is 0. The molecule has 2 N–H and O–H groups in total. The summed E-state index contributed by atoms with van der Waals surface area (Å²) in [6.07, 6.45) is 0.524. The number of rotatable bonds is 1. The Morgan fingerprint density at radius 3 is 2.83 bits per heavy atom. The molecule has 2 atom stereocenters. The number of aliphatic hydroxyl groups is 1. The lowest BCUT2D eigenvalue weighted by Crippen LogP contribution is -2.42. The Morgan fingerprint density at radius 2 is 2.33 bits per heavy atom. The maximum atomic E-state index is 10.6. The van der Waals surface area contributed by atoms with Crippen LogP contribution in [0, 0.1) is 5.92 Å². The fourth-order valence-corrected chi connectivity index (χ4v) is 1.58. The van der Waals surface area contributed by atoms with Crippen LogP contribution in [0.25, 0.3) is 0 Å². The van der Waals surface area contributed by atoms with E-state index in [2.05, 4.69) is 0 Å². The van der Waals surface area contributed by atoms with Gasteiger partial charge in [0.25, 0.3) is 0 Å². The molecule has 12 heavy (non-hydrogen) atoms. The van der Waals surface area contributed by atoms with Gasteiger partial charge in [-0.05, 0) is 19.8 Å². The Morgan fingerprint density at radius 1 is 1.67 bits per heavy atom. The standard InChI is InChI=1S/C8H15NO3/c1-6(10)7-3-2-4-9(5-7)8(11)12/h6-7,10H,2-5H2,1H3,(H,11,12)/t6?,7-/m0/s1. The monoisotopic (exact) mass is 173 g/mol. The van der Waals surface area contributed by atoms with E-state index in [-0.39, 0.29) is 5.92 Å². The van der Waals surface area contributed by atoms with Crippen LogP contribution in [-0.4, -0.2) is 40.4 Å². The second-order valence-corrected chi connectivity index (χ2v) is 3.37. The fourth-order valence-electron chi connectivity index (χ4n) is 1.58. The molecule has 0 aliphatic carbocycles. The topological polar surface area (TPSA) is 60.8 Å². The molecular formula is C8H15NO3. The van der Waals surface area contributed by atoms with Crippen LogP contribution in [0.4, 0.5) is 4.79 Å². The Labute approximate surface area is 71.8 Å². The predicted octanol–water partition coefficient (Wildman–Crippen LogP) is 0.757. The maximum absolute atomic E-state index is 10.6. The second kappa shape index (κ2) is 3.76.